The Bertz CT molecular complexity index is 2080. The summed E-state index contributed by atoms with van der Waals surface area (Å²) >= 11 is 3.82. The standard InChI is InChI=1S/C62H105N7O11S3/c1-11-13-14-15-16-17-18-19-20-21-22-23-24-33-56(72)83-44-51(66-55(71)42-64-62(78)80-37-12-2)58(74)67-49(35-38-81-10)57(73)63-41-54(70)65-50(40-46(5)6)60(76)69-36-27-32-53(69)59(75)68-52(61(77)79-9)43-82-39-34-48(8)31-26-30-47(7)29-25-28-45(3)4/h12,28,30,34,46,49-53H,2,11,13-27,29,31-33,35-44H2,1,3-10H3,(H,63,73)(H,64,78)(H,65,70)(H,66,71)(H,67,74)(H,68,75)/b47-30+,48-34+/t49-,50-,51-,52-,53-/m0/s1. The van der Waals surface area contributed by atoms with Crippen molar-refractivity contribution in [3.05, 3.63) is 47.6 Å². The van der Waals surface area contributed by atoms with Gasteiger partial charge >= 0.3 is 12.1 Å². The van der Waals surface area contributed by atoms with E-state index in [0.717, 1.165) is 56.7 Å². The minimum atomic E-state index is -1.28. The molecule has 0 radical (unpaired) electrons. The van der Waals surface area contributed by atoms with Crippen LogP contribution in [-0.2, 0) is 47.8 Å². The molecular weight excluding hydrogens is 1110 g/mol. The van der Waals surface area contributed by atoms with E-state index in [1.807, 2.05) is 20.1 Å². The Kier molecular flexibility index (Phi) is 43.6. The summed E-state index contributed by atoms with van der Waals surface area (Å²) < 4.78 is 9.92. The van der Waals surface area contributed by atoms with Crippen LogP contribution in [0.5, 0.6) is 0 Å². The first-order valence-corrected chi connectivity index (χ1v) is 33.8. The number of unbranched alkanes of at least 4 members (excludes halogenated alkanes) is 12. The molecule has 1 aliphatic heterocycles. The minimum Gasteiger partial charge on any atom is -0.467 e. The van der Waals surface area contributed by atoms with Gasteiger partial charge in [-0.25, -0.2) is 9.59 Å². The third-order valence-electron chi connectivity index (χ3n) is 13.9. The van der Waals surface area contributed by atoms with Gasteiger partial charge in [0.1, 0.15) is 43.4 Å². The Labute approximate surface area is 510 Å². The van der Waals surface area contributed by atoms with E-state index >= 15 is 0 Å². The molecule has 0 spiro atoms. The summed E-state index contributed by atoms with van der Waals surface area (Å²) in [6.07, 6.45) is 29.7. The van der Waals surface area contributed by atoms with Crippen LogP contribution < -0.4 is 31.9 Å². The molecule has 21 heteroatoms. The lowest BCUT2D eigenvalue weighted by atomic mass is 10.0. The summed E-state index contributed by atoms with van der Waals surface area (Å²) in [6.45, 7) is 17.1. The van der Waals surface area contributed by atoms with Crippen molar-refractivity contribution in [3.63, 3.8) is 0 Å². The first kappa shape index (κ1) is 76.3. The number of esters is 1. The van der Waals surface area contributed by atoms with Crippen molar-refractivity contribution in [3.8, 4) is 0 Å². The summed E-state index contributed by atoms with van der Waals surface area (Å²) in [7, 11) is 1.26. The topological polar surface area (TPSA) is 248 Å². The Balaban J connectivity index is 2.98. The van der Waals surface area contributed by atoms with Crippen LogP contribution in [0.1, 0.15) is 190 Å². The van der Waals surface area contributed by atoms with Gasteiger partial charge in [0.2, 0.25) is 35.4 Å². The summed E-state index contributed by atoms with van der Waals surface area (Å²) in [5.74, 6) is -3.28. The number of carbonyl (C=O) groups is 9. The molecule has 0 aromatic carbocycles. The number of alkyl carbamates (subject to hydrolysis) is 1. The van der Waals surface area contributed by atoms with E-state index < -0.39 is 90.8 Å². The largest absolute Gasteiger partial charge is 0.467 e. The normalized spacial score (nSPS) is 14.8. The fraction of sp³-hybridized carbons (Fsp3) is 0.726. The van der Waals surface area contributed by atoms with Gasteiger partial charge in [-0.3, -0.25) is 33.6 Å². The van der Waals surface area contributed by atoms with Crippen LogP contribution in [-0.4, -0.2) is 150 Å². The highest BCUT2D eigenvalue weighted by atomic mass is 32.2. The van der Waals surface area contributed by atoms with Gasteiger partial charge in [0.15, 0.2) is 5.12 Å². The second kappa shape index (κ2) is 47.5. The maximum Gasteiger partial charge on any atom is 0.407 e. The van der Waals surface area contributed by atoms with Gasteiger partial charge in [0.25, 0.3) is 0 Å². The van der Waals surface area contributed by atoms with Gasteiger partial charge in [-0.1, -0.05) is 157 Å². The van der Waals surface area contributed by atoms with Crippen LogP contribution in [0.3, 0.4) is 0 Å². The summed E-state index contributed by atoms with van der Waals surface area (Å²) in [6, 6.07) is -5.32. The van der Waals surface area contributed by atoms with Gasteiger partial charge in [0.05, 0.1) is 13.7 Å². The molecule has 1 heterocycles. The third-order valence-corrected chi connectivity index (χ3v) is 16.5. The first-order valence-electron chi connectivity index (χ1n) is 30.3. The number of rotatable bonds is 46. The number of thioether (sulfide) groups is 3. The van der Waals surface area contributed by atoms with Gasteiger partial charge in [-0.15, -0.1) is 0 Å². The average Bonchev–Trinajstić information content (AvgIpc) is 4.17. The molecule has 1 saturated heterocycles. The molecule has 472 valence electrons. The number of hydrogen-bond donors (Lipinski definition) is 6. The maximum atomic E-state index is 14.3. The molecule has 0 bridgehead atoms. The molecule has 5 atom stereocenters. The molecule has 18 nitrogen and oxygen atoms in total. The second-order valence-corrected chi connectivity index (χ2v) is 25.3. The van der Waals surface area contributed by atoms with Gasteiger partial charge in [-0.2, -0.15) is 23.5 Å². The number of hydrogen-bond acceptors (Lipinski definition) is 14. The fourth-order valence-electron chi connectivity index (χ4n) is 9.12. The highest BCUT2D eigenvalue weighted by Crippen LogP contribution is 2.22. The zero-order valence-corrected chi connectivity index (χ0v) is 54.3. The van der Waals surface area contributed by atoms with Crippen LogP contribution in [0.15, 0.2) is 47.6 Å². The number of amides is 7. The highest BCUT2D eigenvalue weighted by Gasteiger charge is 2.39. The lowest BCUT2D eigenvalue weighted by Gasteiger charge is -2.30. The second-order valence-electron chi connectivity index (χ2n) is 22.1. The van der Waals surface area contributed by atoms with Crippen molar-refractivity contribution in [2.45, 2.75) is 220 Å². The number of carbonyl (C=O) groups excluding carboxylic acids is 9. The maximum absolute atomic E-state index is 14.3. The first-order chi connectivity index (χ1) is 39.8. The van der Waals surface area contributed by atoms with Crippen LogP contribution in [0.2, 0.25) is 0 Å². The Morgan fingerprint density at radius 1 is 0.675 bits per heavy atom. The third kappa shape index (κ3) is 37.3. The van der Waals surface area contributed by atoms with Crippen molar-refractivity contribution in [2.75, 3.05) is 62.6 Å². The van der Waals surface area contributed by atoms with Crippen molar-refractivity contribution in [2.24, 2.45) is 5.92 Å². The summed E-state index contributed by atoms with van der Waals surface area (Å²) in [4.78, 5) is 122. The molecule has 0 aromatic rings. The molecule has 0 saturated carbocycles. The van der Waals surface area contributed by atoms with Crippen LogP contribution in [0, 0.1) is 5.92 Å². The van der Waals surface area contributed by atoms with Crippen molar-refractivity contribution < 1.29 is 52.6 Å². The number of allylic oxidation sites excluding steroid dienone is 5. The van der Waals surface area contributed by atoms with Crippen molar-refractivity contribution >= 4 is 87.9 Å². The predicted octanol–water partition coefficient (Wildman–Crippen LogP) is 9.81. The number of nitrogens with one attached hydrogen (secondary N) is 6. The molecule has 1 rings (SSSR count). The smallest absolute Gasteiger partial charge is 0.407 e. The molecule has 1 aliphatic rings. The lowest BCUT2D eigenvalue weighted by molar-refractivity contribution is -0.146. The highest BCUT2D eigenvalue weighted by molar-refractivity contribution is 8.13. The molecule has 1 fully saturated rings. The molecule has 83 heavy (non-hydrogen) atoms. The van der Waals surface area contributed by atoms with E-state index in [0.29, 0.717) is 37.2 Å². The van der Waals surface area contributed by atoms with E-state index in [1.54, 1.807) is 0 Å². The van der Waals surface area contributed by atoms with Crippen molar-refractivity contribution in [1.29, 1.82) is 0 Å². The van der Waals surface area contributed by atoms with Crippen LogP contribution in [0.25, 0.3) is 0 Å². The zero-order chi connectivity index (χ0) is 61.8. The predicted molar refractivity (Wildman–Crippen MR) is 340 cm³/mol. The quantitative estimate of drug-likeness (QED) is 0.0189. The zero-order valence-electron chi connectivity index (χ0n) is 51.9. The van der Waals surface area contributed by atoms with E-state index in [9.17, 15) is 43.2 Å². The average molecular weight is 1220 g/mol. The molecule has 6 N–H and O–H groups in total. The van der Waals surface area contributed by atoms with E-state index in [4.69, 9.17) is 9.47 Å². The number of likely N-dealkylation sites (tertiary alicyclic amines) is 1. The summed E-state index contributed by atoms with van der Waals surface area (Å²) in [5.41, 5.74) is 3.92. The number of ether oxygens (including phenoxy) is 2. The fourth-order valence-corrected chi connectivity index (χ4v) is 11.5. The summed E-state index contributed by atoms with van der Waals surface area (Å²) in [5, 5.41) is 15.6. The van der Waals surface area contributed by atoms with Gasteiger partial charge in [0, 0.05) is 30.2 Å². The Morgan fingerprint density at radius 2 is 1.27 bits per heavy atom. The van der Waals surface area contributed by atoms with E-state index in [-0.39, 0.29) is 48.5 Å². The van der Waals surface area contributed by atoms with E-state index in [2.05, 4.69) is 91.3 Å². The Morgan fingerprint density at radius 3 is 1.86 bits per heavy atom. The molecule has 0 unspecified atom stereocenters. The molecule has 0 aliphatic carbocycles. The Hall–Kier alpha value is -4.76. The SMILES string of the molecule is C=CCOC(=O)NCC(=O)N[C@@H](CSC(=O)CCCCCCCCCCCCCCC)C(=O)N[C@@H](CCSC)C(=O)NCC(=O)N[C@@H](CC(C)C)C(=O)N1CCC[C@H]1C(=O)N[C@@H](CSC/C=C(\C)CC/C=C(\C)CCC=C(C)C)C(=O)OC. The lowest BCUT2D eigenvalue weighted by Crippen LogP contribution is -2.57. The van der Waals surface area contributed by atoms with Crippen molar-refractivity contribution in [1.82, 2.24) is 36.8 Å². The number of nitrogens with zero attached hydrogens (tertiary/aromatic N) is 1. The van der Waals surface area contributed by atoms with Crippen LogP contribution in [0.4, 0.5) is 4.79 Å². The molecule has 0 aromatic heterocycles. The van der Waals surface area contributed by atoms with Gasteiger partial charge in [-0.05, 0) is 103 Å². The monoisotopic (exact) mass is 1220 g/mol. The number of methoxy groups -OCH3 is 1. The van der Waals surface area contributed by atoms with Gasteiger partial charge < -0.3 is 46.3 Å². The minimum absolute atomic E-state index is 0.0561. The van der Waals surface area contributed by atoms with E-state index in [1.165, 1.54) is 116 Å². The molecular formula is C62H105N7O11S3. The molecule has 7 amide bonds. The van der Waals surface area contributed by atoms with Crippen LogP contribution >= 0.6 is 35.3 Å².